The van der Waals surface area contributed by atoms with Gasteiger partial charge in [-0.25, -0.2) is 8.78 Å². The zero-order valence-corrected chi connectivity index (χ0v) is 5.90. The minimum absolute atomic E-state index is 0.276. The van der Waals surface area contributed by atoms with Gasteiger partial charge in [0.05, 0.1) is 5.56 Å². The van der Waals surface area contributed by atoms with Crippen molar-refractivity contribution in [3.8, 4) is 0 Å². The fraction of sp³-hybridized carbons (Fsp3) is 0.200. The number of aromatic amines is 1. The summed E-state index contributed by atoms with van der Waals surface area (Å²) in [4.78, 5) is 10.4. The van der Waals surface area contributed by atoms with Gasteiger partial charge in [0.25, 0.3) is 11.7 Å². The summed E-state index contributed by atoms with van der Waals surface area (Å²) in [5, 5.41) is 4.35. The second-order valence-electron chi connectivity index (χ2n) is 1.76. The predicted molar refractivity (Wildman–Crippen MR) is 33.7 cm³/mol. The first-order valence-electron chi connectivity index (χ1n) is 2.64. The Hall–Kier alpha value is -0.970. The van der Waals surface area contributed by atoms with Crippen molar-refractivity contribution in [2.24, 2.45) is 0 Å². The summed E-state index contributed by atoms with van der Waals surface area (Å²) in [5.74, 6) is 0. The molecule has 0 aliphatic rings. The minimum atomic E-state index is -2.78. The molecule has 0 saturated heterocycles. The van der Waals surface area contributed by atoms with E-state index in [1.165, 1.54) is 0 Å². The van der Waals surface area contributed by atoms with Gasteiger partial charge in [-0.1, -0.05) is 0 Å². The molecule has 0 unspecified atom stereocenters. The van der Waals surface area contributed by atoms with Crippen LogP contribution >= 0.6 is 11.6 Å². The van der Waals surface area contributed by atoms with Crippen LogP contribution in [-0.4, -0.2) is 15.4 Å². The van der Waals surface area contributed by atoms with Crippen molar-refractivity contribution in [1.82, 2.24) is 10.2 Å². The molecule has 0 spiro atoms. The average molecular weight is 181 g/mol. The molecule has 1 N–H and O–H groups in total. The Morgan fingerprint density at radius 3 is 2.73 bits per heavy atom. The Morgan fingerprint density at radius 2 is 2.36 bits per heavy atom. The maximum atomic E-state index is 11.9. The van der Waals surface area contributed by atoms with Crippen LogP contribution in [0.1, 0.15) is 22.5 Å². The number of H-pyrrole nitrogens is 1. The van der Waals surface area contributed by atoms with Crippen LogP contribution in [-0.2, 0) is 0 Å². The van der Waals surface area contributed by atoms with Gasteiger partial charge in [-0.15, -0.1) is 0 Å². The van der Waals surface area contributed by atoms with E-state index in [0.717, 1.165) is 6.20 Å². The molecule has 0 aliphatic carbocycles. The van der Waals surface area contributed by atoms with E-state index in [0.29, 0.717) is 0 Å². The molecule has 60 valence electrons. The van der Waals surface area contributed by atoms with Gasteiger partial charge in [-0.2, -0.15) is 5.10 Å². The molecule has 0 bridgehead atoms. The molecule has 1 aromatic heterocycles. The van der Waals surface area contributed by atoms with Crippen molar-refractivity contribution in [1.29, 1.82) is 0 Å². The van der Waals surface area contributed by atoms with E-state index in [-0.39, 0.29) is 5.56 Å². The van der Waals surface area contributed by atoms with E-state index >= 15 is 0 Å². The third kappa shape index (κ3) is 1.54. The van der Waals surface area contributed by atoms with E-state index in [9.17, 15) is 13.6 Å². The number of carbonyl (C=O) groups is 1. The summed E-state index contributed by atoms with van der Waals surface area (Å²) in [5.41, 5.74) is -0.883. The van der Waals surface area contributed by atoms with Crippen LogP contribution in [0.3, 0.4) is 0 Å². The number of rotatable bonds is 2. The van der Waals surface area contributed by atoms with Crippen LogP contribution in [0.15, 0.2) is 6.20 Å². The van der Waals surface area contributed by atoms with E-state index in [2.05, 4.69) is 10.2 Å². The maximum Gasteiger partial charge on any atom is 0.282 e. The summed E-state index contributed by atoms with van der Waals surface area (Å²) < 4.78 is 23.9. The number of carbonyl (C=O) groups excluding carboxylic acids is 1. The fourth-order valence-electron chi connectivity index (χ4n) is 0.624. The fourth-order valence-corrected chi connectivity index (χ4v) is 0.776. The van der Waals surface area contributed by atoms with Gasteiger partial charge in [-0.05, 0) is 11.6 Å². The minimum Gasteiger partial charge on any atom is -0.284 e. The molecule has 11 heavy (non-hydrogen) atoms. The Balaban J connectivity index is 3.06. The zero-order chi connectivity index (χ0) is 8.43. The maximum absolute atomic E-state index is 11.9. The highest BCUT2D eigenvalue weighted by Gasteiger charge is 2.19. The molecule has 1 aromatic rings. The first kappa shape index (κ1) is 8.13. The number of aromatic nitrogens is 2. The number of halogens is 3. The topological polar surface area (TPSA) is 45.8 Å². The van der Waals surface area contributed by atoms with Crippen molar-refractivity contribution in [3.05, 3.63) is 17.5 Å². The van der Waals surface area contributed by atoms with Crippen molar-refractivity contribution >= 4 is 16.8 Å². The molecule has 0 radical (unpaired) electrons. The van der Waals surface area contributed by atoms with E-state index in [1.54, 1.807) is 0 Å². The number of hydrogen-bond acceptors (Lipinski definition) is 2. The number of hydrogen-bond donors (Lipinski definition) is 1. The molecule has 0 aliphatic heterocycles. The van der Waals surface area contributed by atoms with Gasteiger partial charge in [0, 0.05) is 6.20 Å². The summed E-state index contributed by atoms with van der Waals surface area (Å²) in [6.45, 7) is 0. The Kier molecular flexibility index (Phi) is 2.19. The van der Waals surface area contributed by atoms with Crippen molar-refractivity contribution in [2.75, 3.05) is 0 Å². The SMILES string of the molecule is O=C(Cl)c1c[nH]nc1C(F)F. The van der Waals surface area contributed by atoms with E-state index in [1.807, 2.05) is 0 Å². The largest absolute Gasteiger partial charge is 0.284 e. The van der Waals surface area contributed by atoms with E-state index < -0.39 is 17.4 Å². The van der Waals surface area contributed by atoms with Gasteiger partial charge in [0.2, 0.25) is 0 Å². The molecule has 1 heterocycles. The van der Waals surface area contributed by atoms with Crippen LogP contribution in [0, 0.1) is 0 Å². The van der Waals surface area contributed by atoms with Crippen LogP contribution < -0.4 is 0 Å². The second kappa shape index (κ2) is 2.96. The normalized spacial score (nSPS) is 10.5. The Bertz CT molecular complexity index is 273. The molecule has 1 rings (SSSR count). The molecule has 0 amide bonds. The molecule has 0 atom stereocenters. The molecule has 3 nitrogen and oxygen atoms in total. The number of nitrogens with one attached hydrogen (secondary N) is 1. The van der Waals surface area contributed by atoms with E-state index in [4.69, 9.17) is 11.6 Å². The first-order valence-corrected chi connectivity index (χ1v) is 3.02. The van der Waals surface area contributed by atoms with Gasteiger partial charge in [0.1, 0.15) is 5.69 Å². The van der Waals surface area contributed by atoms with Crippen molar-refractivity contribution in [2.45, 2.75) is 6.43 Å². The summed E-state index contributed by atoms with van der Waals surface area (Å²) in [6.07, 6.45) is -1.74. The predicted octanol–water partition coefficient (Wildman–Crippen LogP) is 1.73. The third-order valence-electron chi connectivity index (χ3n) is 1.09. The van der Waals surface area contributed by atoms with Crippen LogP contribution in [0.5, 0.6) is 0 Å². The number of nitrogens with zero attached hydrogens (tertiary/aromatic N) is 1. The van der Waals surface area contributed by atoms with Gasteiger partial charge < -0.3 is 0 Å². The monoisotopic (exact) mass is 180 g/mol. The highest BCUT2D eigenvalue weighted by molar-refractivity contribution is 6.67. The Morgan fingerprint density at radius 1 is 1.73 bits per heavy atom. The molecule has 6 heteroatoms. The van der Waals surface area contributed by atoms with Crippen molar-refractivity contribution < 1.29 is 13.6 Å². The van der Waals surface area contributed by atoms with Crippen LogP contribution in [0.25, 0.3) is 0 Å². The van der Waals surface area contributed by atoms with Crippen LogP contribution in [0.2, 0.25) is 0 Å². The first-order chi connectivity index (χ1) is 5.13. The lowest BCUT2D eigenvalue weighted by atomic mass is 10.3. The highest BCUT2D eigenvalue weighted by atomic mass is 35.5. The van der Waals surface area contributed by atoms with Crippen LogP contribution in [0.4, 0.5) is 8.78 Å². The summed E-state index contributed by atoms with van der Waals surface area (Å²) in [7, 11) is 0. The molecular formula is C5H3ClF2N2O. The lowest BCUT2D eigenvalue weighted by Crippen LogP contribution is -1.94. The lowest BCUT2D eigenvalue weighted by Gasteiger charge is -1.92. The van der Waals surface area contributed by atoms with Gasteiger partial charge >= 0.3 is 0 Å². The molecular weight excluding hydrogens is 178 g/mol. The number of alkyl halides is 2. The highest BCUT2D eigenvalue weighted by Crippen LogP contribution is 2.20. The third-order valence-corrected chi connectivity index (χ3v) is 1.29. The molecule has 0 saturated carbocycles. The van der Waals surface area contributed by atoms with Gasteiger partial charge in [0.15, 0.2) is 0 Å². The quantitative estimate of drug-likeness (QED) is 0.705. The average Bonchev–Trinajstić information content (AvgIpc) is 2.32. The summed E-state index contributed by atoms with van der Waals surface area (Å²) >= 11 is 4.96. The Labute approximate surface area is 65.4 Å². The molecule has 0 aromatic carbocycles. The second-order valence-corrected chi connectivity index (χ2v) is 2.10. The smallest absolute Gasteiger partial charge is 0.282 e. The summed E-state index contributed by atoms with van der Waals surface area (Å²) in [6, 6.07) is 0. The van der Waals surface area contributed by atoms with Gasteiger partial charge in [-0.3, -0.25) is 9.89 Å². The zero-order valence-electron chi connectivity index (χ0n) is 5.14. The standard InChI is InChI=1S/C5H3ClF2N2O/c6-4(11)2-1-9-10-3(2)5(7)8/h1,5H,(H,9,10). The lowest BCUT2D eigenvalue weighted by molar-refractivity contribution is 0.106. The van der Waals surface area contributed by atoms with Crippen molar-refractivity contribution in [3.63, 3.8) is 0 Å². The molecule has 0 fully saturated rings.